The Balaban J connectivity index is 1.24. The Morgan fingerprint density at radius 3 is 1.83 bits per heavy atom. The highest BCUT2D eigenvalue weighted by molar-refractivity contribution is 6.14. The average Bonchev–Trinajstić information content (AvgIpc) is 3.75. The number of rotatable bonds is 3. The smallest absolute Gasteiger partial charge is 0.159 e. The van der Waals surface area contributed by atoms with Gasteiger partial charge in [-0.25, -0.2) is 0 Å². The minimum absolute atomic E-state index is 0.906. The van der Waals surface area contributed by atoms with Crippen molar-refractivity contribution >= 4 is 65.6 Å². The van der Waals surface area contributed by atoms with Gasteiger partial charge in [0, 0.05) is 38.0 Å². The van der Waals surface area contributed by atoms with Crippen molar-refractivity contribution in [1.82, 2.24) is 9.13 Å². The van der Waals surface area contributed by atoms with Crippen LogP contribution in [0.2, 0.25) is 0 Å². The number of furan rings is 1. The van der Waals surface area contributed by atoms with Crippen LogP contribution < -0.4 is 0 Å². The van der Waals surface area contributed by atoms with Crippen molar-refractivity contribution in [1.29, 1.82) is 0 Å². The summed E-state index contributed by atoms with van der Waals surface area (Å²) in [6.45, 7) is 4.34. The second-order valence-corrected chi connectivity index (χ2v) is 12.8. The Labute approximate surface area is 271 Å². The van der Waals surface area contributed by atoms with E-state index in [2.05, 4.69) is 163 Å². The third-order valence-electron chi connectivity index (χ3n) is 9.81. The van der Waals surface area contributed by atoms with E-state index in [4.69, 9.17) is 4.42 Å². The lowest BCUT2D eigenvalue weighted by Gasteiger charge is -2.10. The van der Waals surface area contributed by atoms with E-state index in [0.29, 0.717) is 0 Å². The van der Waals surface area contributed by atoms with Gasteiger partial charge in [-0.2, -0.15) is 0 Å². The van der Waals surface area contributed by atoms with E-state index in [9.17, 15) is 0 Å². The molecule has 0 aliphatic heterocycles. The Bertz CT molecular complexity index is 2860. The molecule has 3 heterocycles. The lowest BCUT2D eigenvalue weighted by molar-refractivity contribution is 0.666. The molecular weight excluding hydrogens is 572 g/mol. The van der Waals surface area contributed by atoms with E-state index >= 15 is 0 Å². The lowest BCUT2D eigenvalue weighted by atomic mass is 10.0. The molecular formula is C44H30N2O. The molecule has 3 nitrogen and oxygen atoms in total. The summed E-state index contributed by atoms with van der Waals surface area (Å²) < 4.78 is 11.3. The van der Waals surface area contributed by atoms with E-state index in [1.807, 2.05) is 6.07 Å². The summed E-state index contributed by atoms with van der Waals surface area (Å²) in [5.41, 5.74) is 13.7. The molecule has 0 saturated heterocycles. The van der Waals surface area contributed by atoms with Crippen molar-refractivity contribution in [2.75, 3.05) is 0 Å². The fourth-order valence-electron chi connectivity index (χ4n) is 7.65. The van der Waals surface area contributed by atoms with Crippen LogP contribution in [0.15, 0.2) is 150 Å². The van der Waals surface area contributed by atoms with Gasteiger partial charge in [-0.05, 0) is 91.7 Å². The summed E-state index contributed by atoms with van der Waals surface area (Å²) in [6, 6.07) is 52.9. The number of aryl methyl sites for hydroxylation is 2. The molecule has 0 N–H and O–H groups in total. The second-order valence-electron chi connectivity index (χ2n) is 12.8. The maximum atomic E-state index is 6.56. The molecule has 3 aromatic heterocycles. The summed E-state index contributed by atoms with van der Waals surface area (Å²) in [7, 11) is 0. The fraction of sp³-hybridized carbons (Fsp3) is 0.0455. The Kier molecular flexibility index (Phi) is 5.41. The normalized spacial score (nSPS) is 12.0. The van der Waals surface area contributed by atoms with E-state index in [-0.39, 0.29) is 0 Å². The molecule has 0 amide bonds. The van der Waals surface area contributed by atoms with Crippen molar-refractivity contribution in [3.05, 3.63) is 157 Å². The molecule has 0 atom stereocenters. The van der Waals surface area contributed by atoms with Gasteiger partial charge in [0.2, 0.25) is 0 Å². The van der Waals surface area contributed by atoms with Gasteiger partial charge in [-0.15, -0.1) is 0 Å². The number of fused-ring (bicyclic) bond motifs is 9. The largest absolute Gasteiger partial charge is 0.454 e. The van der Waals surface area contributed by atoms with E-state index in [1.165, 1.54) is 71.6 Å². The number of hydrogen-bond donors (Lipinski definition) is 0. The quantitative estimate of drug-likeness (QED) is 0.197. The first-order valence-corrected chi connectivity index (χ1v) is 16.2. The number of aromatic nitrogens is 2. The molecule has 0 spiro atoms. The molecule has 0 fully saturated rings. The van der Waals surface area contributed by atoms with E-state index in [0.717, 1.165) is 27.6 Å². The summed E-state index contributed by atoms with van der Waals surface area (Å²) in [5.74, 6) is 0. The number of para-hydroxylation sites is 3. The van der Waals surface area contributed by atoms with Crippen LogP contribution >= 0.6 is 0 Å². The topological polar surface area (TPSA) is 23.0 Å². The van der Waals surface area contributed by atoms with Crippen LogP contribution in [0.5, 0.6) is 0 Å². The van der Waals surface area contributed by atoms with Crippen LogP contribution in [0.4, 0.5) is 0 Å². The van der Waals surface area contributed by atoms with Crippen LogP contribution in [0.1, 0.15) is 11.1 Å². The summed E-state index contributed by atoms with van der Waals surface area (Å²) >= 11 is 0. The zero-order valence-electron chi connectivity index (χ0n) is 26.2. The van der Waals surface area contributed by atoms with Crippen molar-refractivity contribution in [3.8, 4) is 22.5 Å². The second kappa shape index (κ2) is 9.72. The Morgan fingerprint density at radius 1 is 0.404 bits per heavy atom. The van der Waals surface area contributed by atoms with Gasteiger partial charge < -0.3 is 13.6 Å². The fourth-order valence-corrected chi connectivity index (χ4v) is 7.65. The van der Waals surface area contributed by atoms with Crippen LogP contribution in [0, 0.1) is 13.8 Å². The highest BCUT2D eigenvalue weighted by Crippen LogP contribution is 2.41. The number of nitrogens with zero attached hydrogens (tertiary/aromatic N) is 2. The molecule has 0 aliphatic rings. The highest BCUT2D eigenvalue weighted by atomic mass is 16.3. The third-order valence-corrected chi connectivity index (χ3v) is 9.81. The average molecular weight is 603 g/mol. The first-order chi connectivity index (χ1) is 23.1. The highest BCUT2D eigenvalue weighted by Gasteiger charge is 2.19. The van der Waals surface area contributed by atoms with Gasteiger partial charge in [-0.1, -0.05) is 90.0 Å². The zero-order chi connectivity index (χ0) is 31.2. The van der Waals surface area contributed by atoms with Crippen molar-refractivity contribution in [3.63, 3.8) is 0 Å². The van der Waals surface area contributed by atoms with Gasteiger partial charge in [0.1, 0.15) is 5.58 Å². The molecule has 10 aromatic rings. The molecule has 0 saturated carbocycles. The van der Waals surface area contributed by atoms with E-state index in [1.54, 1.807) is 0 Å². The predicted octanol–water partition coefficient (Wildman–Crippen LogP) is 12.1. The van der Waals surface area contributed by atoms with Gasteiger partial charge in [0.15, 0.2) is 5.58 Å². The first-order valence-electron chi connectivity index (χ1n) is 16.2. The van der Waals surface area contributed by atoms with Crippen LogP contribution in [0.25, 0.3) is 88.1 Å². The molecule has 0 aliphatic carbocycles. The van der Waals surface area contributed by atoms with Gasteiger partial charge in [-0.3, -0.25) is 0 Å². The first kappa shape index (κ1) is 26.2. The molecule has 3 heteroatoms. The van der Waals surface area contributed by atoms with Crippen LogP contribution in [-0.2, 0) is 0 Å². The summed E-state index contributed by atoms with van der Waals surface area (Å²) in [5, 5.41) is 7.28. The number of hydrogen-bond acceptors (Lipinski definition) is 1. The predicted molar refractivity (Wildman–Crippen MR) is 197 cm³/mol. The lowest BCUT2D eigenvalue weighted by Crippen LogP contribution is -1.95. The van der Waals surface area contributed by atoms with E-state index < -0.39 is 0 Å². The van der Waals surface area contributed by atoms with Crippen molar-refractivity contribution in [2.45, 2.75) is 13.8 Å². The summed E-state index contributed by atoms with van der Waals surface area (Å²) in [6.07, 6.45) is 0. The van der Waals surface area contributed by atoms with Gasteiger partial charge in [0.25, 0.3) is 0 Å². The van der Waals surface area contributed by atoms with Crippen LogP contribution in [-0.4, -0.2) is 9.13 Å². The maximum absolute atomic E-state index is 6.56. The zero-order valence-corrected chi connectivity index (χ0v) is 26.2. The minimum Gasteiger partial charge on any atom is -0.454 e. The van der Waals surface area contributed by atoms with Gasteiger partial charge in [0.05, 0.1) is 27.8 Å². The molecule has 0 unspecified atom stereocenters. The van der Waals surface area contributed by atoms with Crippen molar-refractivity contribution in [2.24, 2.45) is 0 Å². The maximum Gasteiger partial charge on any atom is 0.159 e. The number of benzene rings is 7. The monoisotopic (exact) mass is 602 g/mol. The SMILES string of the molecule is Cc1ccc2c(c1)c1cc(-c3ccc4c5cc(C)ccc5n(-c5cccc6c5oc5ccccc56)c4c3)ccc1n2-c1ccccc1. The van der Waals surface area contributed by atoms with Crippen molar-refractivity contribution < 1.29 is 4.42 Å². The minimum atomic E-state index is 0.906. The standard InChI is InChI=1S/C44H30N2O/c1-27-16-21-40-35(23-27)32-19-17-30(26-42(32)46(40)41-13-8-12-34-33-11-6-7-14-43(33)47-44(34)41)29-18-22-39-37(25-29)36-24-28(2)15-20-38(36)45(39)31-9-4-3-5-10-31/h3-26H,1-2H3. The van der Waals surface area contributed by atoms with Crippen LogP contribution in [0.3, 0.4) is 0 Å². The molecule has 7 aromatic carbocycles. The molecule has 0 radical (unpaired) electrons. The summed E-state index contributed by atoms with van der Waals surface area (Å²) in [4.78, 5) is 0. The Hall–Kier alpha value is -6.06. The molecule has 10 rings (SSSR count). The molecule has 0 bridgehead atoms. The molecule has 47 heavy (non-hydrogen) atoms. The third kappa shape index (κ3) is 3.80. The molecule has 222 valence electrons. The van der Waals surface area contributed by atoms with Gasteiger partial charge >= 0.3 is 0 Å². The Morgan fingerprint density at radius 2 is 1.02 bits per heavy atom.